The normalized spacial score (nSPS) is 11.6. The molecule has 0 atom stereocenters. The number of furan rings is 1. The Balaban J connectivity index is 2.65. The molecule has 0 radical (unpaired) electrons. The first-order valence-electron chi connectivity index (χ1n) is 5.68. The van der Waals surface area contributed by atoms with Crippen molar-refractivity contribution in [3.63, 3.8) is 0 Å². The highest BCUT2D eigenvalue weighted by Crippen LogP contribution is 2.14. The summed E-state index contributed by atoms with van der Waals surface area (Å²) in [6.07, 6.45) is 2.90. The van der Waals surface area contributed by atoms with Crippen LogP contribution in [-0.4, -0.2) is 17.5 Å². The van der Waals surface area contributed by atoms with E-state index in [-0.39, 0.29) is 0 Å². The van der Waals surface area contributed by atoms with Gasteiger partial charge >= 0.3 is 0 Å². The Morgan fingerprint density at radius 3 is 2.73 bits per heavy atom. The quantitative estimate of drug-likeness (QED) is 0.783. The van der Waals surface area contributed by atoms with E-state index in [1.807, 2.05) is 6.07 Å². The average Bonchev–Trinajstić information content (AvgIpc) is 2.64. The van der Waals surface area contributed by atoms with E-state index >= 15 is 0 Å². The summed E-state index contributed by atoms with van der Waals surface area (Å²) in [5.74, 6) is 0.914. The third-order valence-corrected chi connectivity index (χ3v) is 2.64. The lowest BCUT2D eigenvalue weighted by Gasteiger charge is -2.25. The Kier molecular flexibility index (Phi) is 4.85. The zero-order valence-electron chi connectivity index (χ0n) is 9.99. The molecule has 0 aliphatic heterocycles. The zero-order chi connectivity index (χ0) is 11.3. The summed E-state index contributed by atoms with van der Waals surface area (Å²) in [6, 6.07) is 2.58. The first-order chi connectivity index (χ1) is 7.19. The molecule has 1 heterocycles. The van der Waals surface area contributed by atoms with E-state index in [1.54, 1.807) is 6.26 Å². The van der Waals surface area contributed by atoms with Crippen molar-refractivity contribution < 1.29 is 4.42 Å². The van der Waals surface area contributed by atoms with Crippen LogP contribution in [0.3, 0.4) is 0 Å². The van der Waals surface area contributed by atoms with E-state index in [4.69, 9.17) is 10.2 Å². The molecule has 1 aromatic rings. The molecular weight excluding hydrogens is 188 g/mol. The molecule has 0 aromatic carbocycles. The minimum atomic E-state index is 0.487. The second kappa shape index (κ2) is 5.93. The van der Waals surface area contributed by atoms with E-state index in [0.29, 0.717) is 12.6 Å². The van der Waals surface area contributed by atoms with E-state index < -0.39 is 0 Å². The molecule has 86 valence electrons. The van der Waals surface area contributed by atoms with Gasteiger partial charge in [0.1, 0.15) is 5.76 Å². The Bertz CT molecular complexity index is 281. The first-order valence-corrected chi connectivity index (χ1v) is 5.68. The minimum absolute atomic E-state index is 0.487. The van der Waals surface area contributed by atoms with Gasteiger partial charge in [-0.15, -0.1) is 0 Å². The molecule has 0 aliphatic carbocycles. The second-order valence-corrected chi connectivity index (χ2v) is 4.14. The second-order valence-electron chi connectivity index (χ2n) is 4.14. The van der Waals surface area contributed by atoms with Crippen LogP contribution in [0.1, 0.15) is 38.5 Å². The lowest BCUT2D eigenvalue weighted by Crippen LogP contribution is -2.31. The minimum Gasteiger partial charge on any atom is -0.468 e. The maximum absolute atomic E-state index is 5.61. The van der Waals surface area contributed by atoms with Gasteiger partial charge in [-0.1, -0.05) is 6.92 Å². The molecule has 1 aromatic heterocycles. The molecule has 1 rings (SSSR count). The highest BCUT2D eigenvalue weighted by molar-refractivity contribution is 5.16. The van der Waals surface area contributed by atoms with Crippen molar-refractivity contribution in [1.82, 2.24) is 4.90 Å². The van der Waals surface area contributed by atoms with Crippen LogP contribution in [0, 0.1) is 0 Å². The molecule has 0 unspecified atom stereocenters. The largest absolute Gasteiger partial charge is 0.468 e. The van der Waals surface area contributed by atoms with Crippen molar-refractivity contribution in [3.8, 4) is 0 Å². The van der Waals surface area contributed by atoms with Gasteiger partial charge in [0.15, 0.2) is 0 Å². The summed E-state index contributed by atoms with van der Waals surface area (Å²) in [6.45, 7) is 9.19. The summed E-state index contributed by atoms with van der Waals surface area (Å²) >= 11 is 0. The third kappa shape index (κ3) is 3.36. The summed E-state index contributed by atoms with van der Waals surface area (Å²) in [5.41, 5.74) is 6.83. The van der Waals surface area contributed by atoms with Gasteiger partial charge in [0.05, 0.1) is 12.8 Å². The van der Waals surface area contributed by atoms with E-state index in [0.717, 1.165) is 18.8 Å². The lowest BCUT2D eigenvalue weighted by molar-refractivity contribution is 0.212. The van der Waals surface area contributed by atoms with Crippen LogP contribution in [0.2, 0.25) is 0 Å². The van der Waals surface area contributed by atoms with Crippen molar-refractivity contribution >= 4 is 0 Å². The van der Waals surface area contributed by atoms with Gasteiger partial charge in [-0.2, -0.15) is 0 Å². The molecule has 0 saturated heterocycles. The van der Waals surface area contributed by atoms with Gasteiger partial charge in [0, 0.05) is 18.2 Å². The van der Waals surface area contributed by atoms with Crippen LogP contribution in [-0.2, 0) is 13.1 Å². The summed E-state index contributed by atoms with van der Waals surface area (Å²) in [4.78, 5) is 2.43. The van der Waals surface area contributed by atoms with E-state index in [9.17, 15) is 0 Å². The van der Waals surface area contributed by atoms with Crippen LogP contribution >= 0.6 is 0 Å². The van der Waals surface area contributed by atoms with Crippen molar-refractivity contribution in [2.24, 2.45) is 5.73 Å². The highest BCUT2D eigenvalue weighted by atomic mass is 16.3. The maximum Gasteiger partial charge on any atom is 0.121 e. The molecule has 0 bridgehead atoms. The highest BCUT2D eigenvalue weighted by Gasteiger charge is 2.12. The predicted octanol–water partition coefficient (Wildman–Crippen LogP) is 2.36. The monoisotopic (exact) mass is 210 g/mol. The van der Waals surface area contributed by atoms with Crippen molar-refractivity contribution in [1.29, 1.82) is 0 Å². The molecular formula is C12H22N2O. The zero-order valence-corrected chi connectivity index (χ0v) is 9.99. The van der Waals surface area contributed by atoms with Gasteiger partial charge < -0.3 is 10.2 Å². The van der Waals surface area contributed by atoms with Gasteiger partial charge in [0.25, 0.3) is 0 Å². The fourth-order valence-corrected chi connectivity index (χ4v) is 1.71. The Morgan fingerprint density at radius 2 is 2.20 bits per heavy atom. The predicted molar refractivity (Wildman–Crippen MR) is 62.4 cm³/mol. The fourth-order valence-electron chi connectivity index (χ4n) is 1.71. The van der Waals surface area contributed by atoms with E-state index in [2.05, 4.69) is 25.7 Å². The molecule has 0 aliphatic rings. The van der Waals surface area contributed by atoms with E-state index in [1.165, 1.54) is 12.0 Å². The Hall–Kier alpha value is -0.800. The van der Waals surface area contributed by atoms with Crippen LogP contribution in [0.25, 0.3) is 0 Å². The van der Waals surface area contributed by atoms with Crippen molar-refractivity contribution in [2.45, 2.75) is 46.3 Å². The number of nitrogens with zero attached hydrogens (tertiary/aromatic N) is 1. The standard InChI is InChI=1S/C12H22N2O/c1-4-6-14(10(2)3)9-11-5-7-15-12(11)8-13/h5,7,10H,4,6,8-9,13H2,1-3H3. The number of nitrogens with two attached hydrogens (primary N) is 1. The SMILES string of the molecule is CCCN(Cc1ccoc1CN)C(C)C. The Labute approximate surface area is 92.2 Å². The smallest absolute Gasteiger partial charge is 0.121 e. The van der Waals surface area contributed by atoms with Crippen LogP contribution in [0.15, 0.2) is 16.7 Å². The lowest BCUT2D eigenvalue weighted by atomic mass is 10.2. The summed E-state index contributed by atoms with van der Waals surface area (Å²) in [5, 5.41) is 0. The molecule has 0 amide bonds. The van der Waals surface area contributed by atoms with Crippen LogP contribution in [0.4, 0.5) is 0 Å². The van der Waals surface area contributed by atoms with Gasteiger partial charge in [-0.3, -0.25) is 4.90 Å². The molecule has 0 spiro atoms. The van der Waals surface area contributed by atoms with Crippen LogP contribution < -0.4 is 5.73 Å². The molecule has 15 heavy (non-hydrogen) atoms. The van der Waals surface area contributed by atoms with Gasteiger partial charge in [-0.25, -0.2) is 0 Å². The average molecular weight is 210 g/mol. The first kappa shape index (κ1) is 12.3. The summed E-state index contributed by atoms with van der Waals surface area (Å²) < 4.78 is 5.32. The maximum atomic E-state index is 5.61. The van der Waals surface area contributed by atoms with Crippen molar-refractivity contribution in [3.05, 3.63) is 23.7 Å². The molecule has 0 fully saturated rings. The Morgan fingerprint density at radius 1 is 1.47 bits per heavy atom. The molecule has 3 nitrogen and oxygen atoms in total. The molecule has 0 saturated carbocycles. The molecule has 2 N–H and O–H groups in total. The van der Waals surface area contributed by atoms with Crippen molar-refractivity contribution in [2.75, 3.05) is 6.54 Å². The number of hydrogen-bond donors (Lipinski definition) is 1. The summed E-state index contributed by atoms with van der Waals surface area (Å²) in [7, 11) is 0. The third-order valence-electron chi connectivity index (χ3n) is 2.64. The number of hydrogen-bond acceptors (Lipinski definition) is 3. The number of rotatable bonds is 6. The van der Waals surface area contributed by atoms with Crippen LogP contribution in [0.5, 0.6) is 0 Å². The van der Waals surface area contributed by atoms with Gasteiger partial charge in [0.2, 0.25) is 0 Å². The fraction of sp³-hybridized carbons (Fsp3) is 0.667. The van der Waals surface area contributed by atoms with Gasteiger partial charge in [-0.05, 0) is 32.9 Å². The molecule has 3 heteroatoms. The topological polar surface area (TPSA) is 42.4 Å².